The fraction of sp³-hybridized carbons (Fsp3) is 0.0625. The summed E-state index contributed by atoms with van der Waals surface area (Å²) in [5.41, 5.74) is 1.20. The molecule has 0 aliphatic carbocycles. The standard InChI is InChI=1S/C14H14N2O3S.C2H4.2H2/c1-20(18,19)13-9-7-12(8-10-13)16-14(17)15-11-5-3-2-4-6-11;1-2;;/h2-10H,1H3,(H2,15,16,17);1-2H2;2*1H. The van der Waals surface area contributed by atoms with Crippen molar-refractivity contribution >= 4 is 27.2 Å². The maximum atomic E-state index is 11.7. The van der Waals surface area contributed by atoms with Crippen LogP contribution in [0.25, 0.3) is 0 Å². The van der Waals surface area contributed by atoms with E-state index in [0.29, 0.717) is 11.4 Å². The van der Waals surface area contributed by atoms with Gasteiger partial charge in [0.2, 0.25) is 0 Å². The minimum absolute atomic E-state index is 0. The molecule has 0 aromatic heterocycles. The lowest BCUT2D eigenvalue weighted by atomic mass is 10.3. The smallest absolute Gasteiger partial charge is 0.308 e. The fourth-order valence-electron chi connectivity index (χ4n) is 1.60. The van der Waals surface area contributed by atoms with E-state index in [9.17, 15) is 13.2 Å². The second kappa shape index (κ2) is 7.99. The van der Waals surface area contributed by atoms with Crippen molar-refractivity contribution < 1.29 is 16.1 Å². The number of carbonyl (C=O) groups is 1. The molecule has 2 rings (SSSR count). The highest BCUT2D eigenvalue weighted by atomic mass is 32.2. The van der Waals surface area contributed by atoms with Crippen LogP contribution in [0.1, 0.15) is 2.85 Å². The quantitative estimate of drug-likeness (QED) is 0.838. The number of para-hydroxylation sites is 1. The Morgan fingerprint density at radius 3 is 1.82 bits per heavy atom. The highest BCUT2D eigenvalue weighted by Crippen LogP contribution is 2.14. The molecule has 0 saturated carbocycles. The summed E-state index contributed by atoms with van der Waals surface area (Å²) >= 11 is 0. The predicted octanol–water partition coefficient (Wildman–Crippen LogP) is 4.03. The number of amides is 2. The van der Waals surface area contributed by atoms with E-state index in [2.05, 4.69) is 23.8 Å². The van der Waals surface area contributed by atoms with E-state index in [1.165, 1.54) is 12.1 Å². The van der Waals surface area contributed by atoms with Crippen LogP contribution in [0.15, 0.2) is 72.7 Å². The van der Waals surface area contributed by atoms with Crippen LogP contribution in [-0.2, 0) is 9.84 Å². The van der Waals surface area contributed by atoms with Gasteiger partial charge in [0.15, 0.2) is 9.84 Å². The molecule has 0 atom stereocenters. The molecule has 0 unspecified atom stereocenters. The van der Waals surface area contributed by atoms with Crippen LogP contribution in [0.5, 0.6) is 0 Å². The van der Waals surface area contributed by atoms with Gasteiger partial charge in [-0.2, -0.15) is 0 Å². The van der Waals surface area contributed by atoms with Gasteiger partial charge in [0.1, 0.15) is 0 Å². The SMILES string of the molecule is C=C.CS(=O)(=O)c1ccc(NC(=O)Nc2ccccc2)cc1.[HH].[HH]. The molecule has 2 aromatic rings. The summed E-state index contributed by atoms with van der Waals surface area (Å²) in [4.78, 5) is 11.9. The first-order valence-corrected chi connectivity index (χ1v) is 8.27. The Morgan fingerprint density at radius 2 is 1.36 bits per heavy atom. The summed E-state index contributed by atoms with van der Waals surface area (Å²) in [6, 6.07) is 14.6. The minimum atomic E-state index is -3.22. The van der Waals surface area contributed by atoms with Crippen LogP contribution < -0.4 is 10.6 Å². The largest absolute Gasteiger partial charge is 0.323 e. The van der Waals surface area contributed by atoms with Crippen molar-refractivity contribution in [1.82, 2.24) is 0 Å². The first kappa shape index (κ1) is 17.5. The number of nitrogens with one attached hydrogen (secondary N) is 2. The Balaban J connectivity index is 0. The number of rotatable bonds is 3. The van der Waals surface area contributed by atoms with E-state index < -0.39 is 9.84 Å². The van der Waals surface area contributed by atoms with Gasteiger partial charge in [-0.05, 0) is 36.4 Å². The lowest BCUT2D eigenvalue weighted by molar-refractivity contribution is 0.262. The Labute approximate surface area is 133 Å². The highest BCUT2D eigenvalue weighted by Gasteiger charge is 2.07. The number of urea groups is 1. The molecule has 0 fully saturated rings. The average Bonchev–Trinajstić information content (AvgIpc) is 2.50. The van der Waals surface area contributed by atoms with Crippen LogP contribution in [0.3, 0.4) is 0 Å². The Hall–Kier alpha value is -2.60. The molecule has 0 spiro atoms. The van der Waals surface area contributed by atoms with Crippen LogP contribution >= 0.6 is 0 Å². The number of sulfone groups is 1. The first-order valence-electron chi connectivity index (χ1n) is 6.38. The van der Waals surface area contributed by atoms with Gasteiger partial charge in [-0.1, -0.05) is 18.2 Å². The highest BCUT2D eigenvalue weighted by molar-refractivity contribution is 7.90. The molecule has 120 valence electrons. The van der Waals surface area contributed by atoms with E-state index >= 15 is 0 Å². The third kappa shape index (κ3) is 5.41. The number of benzene rings is 2. The van der Waals surface area contributed by atoms with E-state index in [4.69, 9.17) is 0 Å². The molecule has 0 aliphatic rings. The summed E-state index contributed by atoms with van der Waals surface area (Å²) in [5.74, 6) is 0. The molecule has 5 nitrogen and oxygen atoms in total. The molecule has 0 bridgehead atoms. The molecule has 2 N–H and O–H groups in total. The van der Waals surface area contributed by atoms with Crippen LogP contribution in [0.2, 0.25) is 0 Å². The molecule has 2 aromatic carbocycles. The zero-order valence-corrected chi connectivity index (χ0v) is 13.1. The van der Waals surface area contributed by atoms with Gasteiger partial charge in [-0.3, -0.25) is 0 Å². The normalized spacial score (nSPS) is 10.0. The van der Waals surface area contributed by atoms with Gasteiger partial charge in [0.05, 0.1) is 4.90 Å². The molecule has 2 amide bonds. The molecule has 0 saturated heterocycles. The van der Waals surface area contributed by atoms with E-state index in [-0.39, 0.29) is 13.8 Å². The minimum Gasteiger partial charge on any atom is -0.308 e. The number of hydrogen-bond donors (Lipinski definition) is 2. The molecule has 0 heterocycles. The van der Waals surface area contributed by atoms with Gasteiger partial charge in [0.25, 0.3) is 0 Å². The van der Waals surface area contributed by atoms with Gasteiger partial charge in [0, 0.05) is 20.5 Å². The third-order valence-corrected chi connectivity index (χ3v) is 3.70. The Bertz CT molecular complexity index is 721. The monoisotopic (exact) mass is 322 g/mol. The van der Waals surface area contributed by atoms with Gasteiger partial charge in [-0.25, -0.2) is 13.2 Å². The van der Waals surface area contributed by atoms with Crippen molar-refractivity contribution in [2.24, 2.45) is 0 Å². The van der Waals surface area contributed by atoms with Crippen molar-refractivity contribution in [3.8, 4) is 0 Å². The van der Waals surface area contributed by atoms with Crippen LogP contribution in [-0.4, -0.2) is 20.7 Å². The molecule has 22 heavy (non-hydrogen) atoms. The lowest BCUT2D eigenvalue weighted by Gasteiger charge is -2.08. The summed E-state index contributed by atoms with van der Waals surface area (Å²) in [7, 11) is -3.22. The third-order valence-electron chi connectivity index (χ3n) is 2.57. The Kier molecular flexibility index (Phi) is 6.34. The summed E-state index contributed by atoms with van der Waals surface area (Å²) in [5, 5.41) is 5.29. The zero-order valence-electron chi connectivity index (χ0n) is 12.2. The van der Waals surface area contributed by atoms with E-state index in [1.54, 1.807) is 24.3 Å². The second-order valence-corrected chi connectivity index (χ2v) is 6.26. The van der Waals surface area contributed by atoms with Crippen LogP contribution in [0, 0.1) is 0 Å². The van der Waals surface area contributed by atoms with Crippen molar-refractivity contribution in [1.29, 1.82) is 0 Å². The molecular weight excluding hydrogens is 300 g/mol. The number of hydrogen-bond acceptors (Lipinski definition) is 3. The van der Waals surface area contributed by atoms with Gasteiger partial charge in [-0.15, -0.1) is 13.2 Å². The zero-order chi connectivity index (χ0) is 16.6. The topological polar surface area (TPSA) is 75.3 Å². The number of carbonyl (C=O) groups excluding carboxylic acids is 1. The average molecular weight is 322 g/mol. The summed E-state index contributed by atoms with van der Waals surface area (Å²) in [6.07, 6.45) is 1.14. The van der Waals surface area contributed by atoms with E-state index in [1.807, 2.05) is 18.2 Å². The van der Waals surface area contributed by atoms with Crippen molar-refractivity contribution in [3.05, 3.63) is 67.8 Å². The first-order chi connectivity index (χ1) is 10.4. The van der Waals surface area contributed by atoms with Crippen molar-refractivity contribution in [2.45, 2.75) is 4.90 Å². The maximum Gasteiger partial charge on any atom is 0.323 e. The molecule has 0 aliphatic heterocycles. The number of anilines is 2. The summed E-state index contributed by atoms with van der Waals surface area (Å²) in [6.45, 7) is 6.00. The van der Waals surface area contributed by atoms with E-state index in [0.717, 1.165) is 6.26 Å². The maximum absolute atomic E-state index is 11.7. The van der Waals surface area contributed by atoms with Crippen molar-refractivity contribution in [3.63, 3.8) is 0 Å². The van der Waals surface area contributed by atoms with Gasteiger partial charge < -0.3 is 10.6 Å². The summed E-state index contributed by atoms with van der Waals surface area (Å²) < 4.78 is 22.6. The fourth-order valence-corrected chi connectivity index (χ4v) is 2.23. The lowest BCUT2D eigenvalue weighted by Crippen LogP contribution is -2.19. The van der Waals surface area contributed by atoms with Gasteiger partial charge >= 0.3 is 6.03 Å². The van der Waals surface area contributed by atoms with Crippen molar-refractivity contribution in [2.75, 3.05) is 16.9 Å². The molecular formula is C16H22N2O3S. The molecule has 6 heteroatoms. The molecule has 0 radical (unpaired) electrons. The second-order valence-electron chi connectivity index (χ2n) is 4.24. The predicted molar refractivity (Wildman–Crippen MR) is 94.1 cm³/mol. The van der Waals surface area contributed by atoms with Crippen LogP contribution in [0.4, 0.5) is 16.2 Å². The Morgan fingerprint density at radius 1 is 0.909 bits per heavy atom.